The van der Waals surface area contributed by atoms with Crippen LogP contribution in [0, 0.1) is 0 Å². The van der Waals surface area contributed by atoms with E-state index in [1.54, 1.807) is 32.6 Å². The average Bonchev–Trinajstić information content (AvgIpc) is 3.15. The molecule has 0 aliphatic heterocycles. The van der Waals surface area contributed by atoms with E-state index in [9.17, 15) is 0 Å². The Hall–Kier alpha value is -3.00. The number of thiazole rings is 1. The Morgan fingerprint density at radius 1 is 1.04 bits per heavy atom. The lowest BCUT2D eigenvalue weighted by atomic mass is 10.2. The zero-order valence-corrected chi connectivity index (χ0v) is 17.1. The number of hydrogen-bond acceptors (Lipinski definition) is 6. The monoisotopic (exact) mass is 399 g/mol. The molecule has 28 heavy (non-hydrogen) atoms. The van der Waals surface area contributed by atoms with Crippen LogP contribution in [-0.4, -0.2) is 45.3 Å². The van der Waals surface area contributed by atoms with Crippen LogP contribution in [0.4, 0.5) is 5.13 Å². The van der Waals surface area contributed by atoms with Gasteiger partial charge in [0.2, 0.25) is 0 Å². The number of rotatable bonds is 8. The third-order valence-electron chi connectivity index (χ3n) is 4.12. The second kappa shape index (κ2) is 9.80. The fourth-order valence-corrected chi connectivity index (χ4v) is 3.59. The zero-order chi connectivity index (χ0) is 19.8. The highest BCUT2D eigenvalue weighted by Crippen LogP contribution is 2.27. The second-order valence-electron chi connectivity index (χ2n) is 5.96. The van der Waals surface area contributed by atoms with Gasteiger partial charge >= 0.3 is 0 Å². The summed E-state index contributed by atoms with van der Waals surface area (Å²) in [7, 11) is 5.02. The summed E-state index contributed by atoms with van der Waals surface area (Å²) in [6, 6.07) is 14.0. The first-order valence-electron chi connectivity index (χ1n) is 8.98. The van der Waals surface area contributed by atoms with Crippen LogP contribution in [0.1, 0.15) is 5.56 Å². The molecule has 0 fully saturated rings. The predicted molar refractivity (Wildman–Crippen MR) is 116 cm³/mol. The van der Waals surface area contributed by atoms with E-state index in [4.69, 9.17) is 9.47 Å². The number of para-hydroxylation sites is 1. The number of fused-ring (bicyclic) bond motifs is 1. The number of aliphatic imine (C=N–C) groups is 1. The van der Waals surface area contributed by atoms with Gasteiger partial charge in [0, 0.05) is 26.7 Å². The van der Waals surface area contributed by atoms with Gasteiger partial charge in [-0.3, -0.25) is 4.99 Å². The maximum absolute atomic E-state index is 5.34. The molecular formula is C20H25N5O2S. The molecule has 2 aromatic carbocycles. The largest absolute Gasteiger partial charge is 0.493 e. The Labute approximate surface area is 168 Å². The van der Waals surface area contributed by atoms with Crippen LogP contribution in [0.2, 0.25) is 0 Å². The normalized spacial score (nSPS) is 11.3. The molecule has 0 spiro atoms. The number of anilines is 1. The van der Waals surface area contributed by atoms with E-state index in [0.717, 1.165) is 41.0 Å². The molecule has 0 radical (unpaired) electrons. The number of ether oxygens (including phenoxy) is 2. The highest BCUT2D eigenvalue weighted by atomic mass is 32.1. The standard InChI is InChI=1S/C20H25N5O2S/c1-21-19(24-13-14-8-9-16(26-2)17(12-14)27-3)22-10-11-23-20-25-15-6-4-5-7-18(15)28-20/h4-9,12H,10-11,13H2,1-3H3,(H,23,25)(H2,21,22,24). The molecule has 0 amide bonds. The van der Waals surface area contributed by atoms with Gasteiger partial charge in [-0.2, -0.15) is 0 Å². The van der Waals surface area contributed by atoms with Crippen molar-refractivity contribution < 1.29 is 9.47 Å². The van der Waals surface area contributed by atoms with Crippen molar-refractivity contribution in [2.24, 2.45) is 4.99 Å². The summed E-state index contributed by atoms with van der Waals surface area (Å²) in [5, 5.41) is 10.9. The lowest BCUT2D eigenvalue weighted by Gasteiger charge is -2.13. The van der Waals surface area contributed by atoms with Crippen LogP contribution in [0.3, 0.4) is 0 Å². The molecule has 148 valence electrons. The molecule has 0 aliphatic rings. The SMILES string of the molecule is CN=C(NCCNc1nc2ccccc2s1)NCc1ccc(OC)c(OC)c1. The Bertz CT molecular complexity index is 908. The van der Waals surface area contributed by atoms with Crippen molar-refractivity contribution in [3.05, 3.63) is 48.0 Å². The molecule has 0 atom stereocenters. The van der Waals surface area contributed by atoms with Crippen LogP contribution in [0.5, 0.6) is 11.5 Å². The van der Waals surface area contributed by atoms with Gasteiger partial charge in [0.05, 0.1) is 24.4 Å². The number of guanidine groups is 1. The van der Waals surface area contributed by atoms with E-state index < -0.39 is 0 Å². The van der Waals surface area contributed by atoms with Crippen molar-refractivity contribution in [2.45, 2.75) is 6.54 Å². The lowest BCUT2D eigenvalue weighted by Crippen LogP contribution is -2.39. The van der Waals surface area contributed by atoms with Crippen LogP contribution in [-0.2, 0) is 6.54 Å². The molecule has 1 heterocycles. The van der Waals surface area contributed by atoms with Crippen molar-refractivity contribution in [3.8, 4) is 11.5 Å². The number of benzene rings is 2. The topological polar surface area (TPSA) is 79.8 Å². The molecule has 0 saturated carbocycles. The van der Waals surface area contributed by atoms with Crippen molar-refractivity contribution in [1.82, 2.24) is 15.6 Å². The van der Waals surface area contributed by atoms with Gasteiger partial charge in [-0.1, -0.05) is 29.5 Å². The molecule has 7 nitrogen and oxygen atoms in total. The quantitative estimate of drug-likeness (QED) is 0.307. The van der Waals surface area contributed by atoms with Gasteiger partial charge < -0.3 is 25.4 Å². The molecule has 0 aliphatic carbocycles. The van der Waals surface area contributed by atoms with Crippen LogP contribution in [0.25, 0.3) is 10.2 Å². The van der Waals surface area contributed by atoms with E-state index in [2.05, 4.69) is 32.0 Å². The second-order valence-corrected chi connectivity index (χ2v) is 6.99. The van der Waals surface area contributed by atoms with Gasteiger partial charge in [0.25, 0.3) is 0 Å². The van der Waals surface area contributed by atoms with Crippen LogP contribution >= 0.6 is 11.3 Å². The fraction of sp³-hybridized carbons (Fsp3) is 0.300. The third kappa shape index (κ3) is 5.04. The average molecular weight is 400 g/mol. The first-order chi connectivity index (χ1) is 13.7. The molecule has 1 aromatic heterocycles. The maximum Gasteiger partial charge on any atom is 0.191 e. The summed E-state index contributed by atoms with van der Waals surface area (Å²) < 4.78 is 11.8. The molecule has 8 heteroatoms. The first kappa shape index (κ1) is 19.8. The Morgan fingerprint density at radius 2 is 1.86 bits per heavy atom. The number of hydrogen-bond donors (Lipinski definition) is 3. The zero-order valence-electron chi connectivity index (χ0n) is 16.3. The molecule has 3 aromatic rings. The van der Waals surface area contributed by atoms with Gasteiger partial charge in [0.15, 0.2) is 22.6 Å². The van der Waals surface area contributed by atoms with Crippen molar-refractivity contribution in [2.75, 3.05) is 39.7 Å². The van der Waals surface area contributed by atoms with Gasteiger partial charge in [-0.05, 0) is 29.8 Å². The molecule has 0 bridgehead atoms. The minimum Gasteiger partial charge on any atom is -0.493 e. The fourth-order valence-electron chi connectivity index (χ4n) is 2.70. The molecule has 0 saturated heterocycles. The van der Waals surface area contributed by atoms with Gasteiger partial charge in [-0.15, -0.1) is 0 Å². The maximum atomic E-state index is 5.34. The molecular weight excluding hydrogens is 374 g/mol. The van der Waals surface area contributed by atoms with E-state index in [0.29, 0.717) is 12.3 Å². The van der Waals surface area contributed by atoms with E-state index in [1.165, 1.54) is 4.70 Å². The molecule has 3 rings (SSSR count). The van der Waals surface area contributed by atoms with Crippen molar-refractivity contribution in [1.29, 1.82) is 0 Å². The Balaban J connectivity index is 1.44. The minimum atomic E-state index is 0.630. The predicted octanol–water partition coefficient (Wildman–Crippen LogP) is 3.09. The Kier molecular flexibility index (Phi) is 6.91. The summed E-state index contributed by atoms with van der Waals surface area (Å²) >= 11 is 1.66. The number of nitrogens with zero attached hydrogens (tertiary/aromatic N) is 2. The number of nitrogens with one attached hydrogen (secondary N) is 3. The Morgan fingerprint density at radius 3 is 2.61 bits per heavy atom. The van der Waals surface area contributed by atoms with Gasteiger partial charge in [-0.25, -0.2) is 4.98 Å². The summed E-state index contributed by atoms with van der Waals surface area (Å²) in [5.41, 5.74) is 2.10. The number of aromatic nitrogens is 1. The van der Waals surface area contributed by atoms with Crippen molar-refractivity contribution >= 4 is 32.6 Å². The van der Waals surface area contributed by atoms with Crippen molar-refractivity contribution in [3.63, 3.8) is 0 Å². The molecule has 0 unspecified atom stereocenters. The van der Waals surface area contributed by atoms with Crippen LogP contribution < -0.4 is 25.4 Å². The van der Waals surface area contributed by atoms with E-state index in [-0.39, 0.29) is 0 Å². The summed E-state index contributed by atoms with van der Waals surface area (Å²) in [6.07, 6.45) is 0. The van der Waals surface area contributed by atoms with E-state index >= 15 is 0 Å². The summed E-state index contributed by atoms with van der Waals surface area (Å²) in [4.78, 5) is 8.82. The highest BCUT2D eigenvalue weighted by molar-refractivity contribution is 7.22. The molecule has 3 N–H and O–H groups in total. The van der Waals surface area contributed by atoms with Gasteiger partial charge in [0.1, 0.15) is 0 Å². The van der Waals surface area contributed by atoms with Crippen LogP contribution in [0.15, 0.2) is 47.5 Å². The minimum absolute atomic E-state index is 0.630. The van der Waals surface area contributed by atoms with E-state index in [1.807, 2.05) is 36.4 Å². The first-order valence-corrected chi connectivity index (χ1v) is 9.80. The highest BCUT2D eigenvalue weighted by Gasteiger charge is 2.06. The summed E-state index contributed by atoms with van der Waals surface area (Å²) in [6.45, 7) is 2.10. The number of methoxy groups -OCH3 is 2. The third-order valence-corrected chi connectivity index (χ3v) is 5.11. The lowest BCUT2D eigenvalue weighted by molar-refractivity contribution is 0.354. The summed E-state index contributed by atoms with van der Waals surface area (Å²) in [5.74, 6) is 2.17. The smallest absolute Gasteiger partial charge is 0.191 e.